The van der Waals surface area contributed by atoms with Crippen LogP contribution in [0, 0.1) is 0 Å². The zero-order valence-electron chi connectivity index (χ0n) is 13.2. The number of esters is 1. The Hall–Kier alpha value is -0.810. The van der Waals surface area contributed by atoms with Gasteiger partial charge in [-0.15, -0.1) is 24.8 Å². The predicted octanol–water partition coefficient (Wildman–Crippen LogP) is 2.72. The molecule has 0 aromatic heterocycles. The van der Waals surface area contributed by atoms with Gasteiger partial charge in [0, 0.05) is 32.7 Å². The average Bonchev–Trinajstić information content (AvgIpc) is 2.48. The van der Waals surface area contributed by atoms with Gasteiger partial charge in [-0.05, 0) is 30.5 Å². The van der Waals surface area contributed by atoms with Crippen LogP contribution in [0.3, 0.4) is 0 Å². The molecule has 126 valence electrons. The number of hydrogen-bond donors (Lipinski definition) is 1. The van der Waals surface area contributed by atoms with E-state index in [0.29, 0.717) is 18.1 Å². The summed E-state index contributed by atoms with van der Waals surface area (Å²) in [5.41, 5.74) is 1.90. The maximum Gasteiger partial charge on any atom is 0.338 e. The zero-order chi connectivity index (χ0) is 14.4. The third kappa shape index (κ3) is 6.13. The van der Waals surface area contributed by atoms with Crippen LogP contribution in [0.25, 0.3) is 0 Å². The average molecular weight is 349 g/mol. The first-order valence-electron chi connectivity index (χ1n) is 7.41. The Morgan fingerprint density at radius 1 is 1.23 bits per heavy atom. The van der Waals surface area contributed by atoms with Crippen LogP contribution in [0.2, 0.25) is 0 Å². The number of nitrogens with one attached hydrogen (secondary N) is 1. The Balaban J connectivity index is 0.00000220. The van der Waals surface area contributed by atoms with Crippen molar-refractivity contribution >= 4 is 30.8 Å². The summed E-state index contributed by atoms with van der Waals surface area (Å²) in [5, 5.41) is 3.37. The summed E-state index contributed by atoms with van der Waals surface area (Å²) in [7, 11) is 0. The Morgan fingerprint density at radius 2 is 1.82 bits per heavy atom. The lowest BCUT2D eigenvalue weighted by atomic mass is 9.99. The van der Waals surface area contributed by atoms with Gasteiger partial charge < -0.3 is 15.0 Å². The largest absolute Gasteiger partial charge is 0.462 e. The SMILES string of the molecule is CCOC(=O)c1ccc(C(C)CN2CCNCC2)cc1.Cl.Cl. The van der Waals surface area contributed by atoms with Crippen molar-refractivity contribution in [3.63, 3.8) is 0 Å². The molecule has 22 heavy (non-hydrogen) atoms. The van der Waals surface area contributed by atoms with E-state index in [2.05, 4.69) is 17.1 Å². The quantitative estimate of drug-likeness (QED) is 0.830. The number of carbonyl (C=O) groups excluding carboxylic acids is 1. The molecule has 0 saturated carbocycles. The predicted molar refractivity (Wildman–Crippen MR) is 94.6 cm³/mol. The molecule has 1 atom stereocenters. The molecule has 0 amide bonds. The van der Waals surface area contributed by atoms with Gasteiger partial charge in [0.25, 0.3) is 0 Å². The summed E-state index contributed by atoms with van der Waals surface area (Å²) in [6.45, 7) is 9.93. The summed E-state index contributed by atoms with van der Waals surface area (Å²) in [6, 6.07) is 7.81. The van der Waals surface area contributed by atoms with Crippen LogP contribution in [0.15, 0.2) is 24.3 Å². The molecule has 1 aromatic carbocycles. The molecule has 1 aliphatic heterocycles. The molecule has 1 saturated heterocycles. The number of benzene rings is 1. The maximum atomic E-state index is 11.6. The third-order valence-corrected chi connectivity index (χ3v) is 3.73. The minimum atomic E-state index is -0.242. The van der Waals surface area contributed by atoms with Crippen molar-refractivity contribution in [1.82, 2.24) is 10.2 Å². The Morgan fingerprint density at radius 3 is 2.36 bits per heavy atom. The van der Waals surface area contributed by atoms with Crippen LogP contribution in [0.5, 0.6) is 0 Å². The molecule has 1 fully saturated rings. The van der Waals surface area contributed by atoms with E-state index >= 15 is 0 Å². The number of nitrogens with zero attached hydrogens (tertiary/aromatic N) is 1. The fourth-order valence-electron chi connectivity index (χ4n) is 2.55. The van der Waals surface area contributed by atoms with E-state index in [1.807, 2.05) is 31.2 Å². The van der Waals surface area contributed by atoms with Crippen molar-refractivity contribution in [3.8, 4) is 0 Å². The van der Waals surface area contributed by atoms with E-state index in [1.165, 1.54) is 5.56 Å². The van der Waals surface area contributed by atoms with E-state index in [4.69, 9.17) is 4.74 Å². The Labute approximate surface area is 145 Å². The molecule has 2 rings (SSSR count). The molecular weight excluding hydrogens is 323 g/mol. The van der Waals surface area contributed by atoms with Crippen LogP contribution < -0.4 is 5.32 Å². The standard InChI is InChI=1S/C16H24N2O2.2ClH/c1-3-20-16(19)15-6-4-14(5-7-15)13(2)12-18-10-8-17-9-11-18;;/h4-7,13,17H,3,8-12H2,1-2H3;2*1H. The first kappa shape index (κ1) is 21.2. The van der Waals surface area contributed by atoms with Gasteiger partial charge in [0.05, 0.1) is 12.2 Å². The summed E-state index contributed by atoms with van der Waals surface area (Å²) in [6.07, 6.45) is 0. The molecule has 0 radical (unpaired) electrons. The lowest BCUT2D eigenvalue weighted by molar-refractivity contribution is 0.0526. The van der Waals surface area contributed by atoms with E-state index in [1.54, 1.807) is 0 Å². The molecule has 0 aliphatic carbocycles. The minimum absolute atomic E-state index is 0. The molecule has 1 aromatic rings. The second-order valence-corrected chi connectivity index (χ2v) is 5.29. The van der Waals surface area contributed by atoms with Gasteiger partial charge >= 0.3 is 5.97 Å². The van der Waals surface area contributed by atoms with Crippen molar-refractivity contribution < 1.29 is 9.53 Å². The van der Waals surface area contributed by atoms with Gasteiger partial charge in [-0.2, -0.15) is 0 Å². The number of ether oxygens (including phenoxy) is 1. The van der Waals surface area contributed by atoms with Crippen LogP contribution in [0.4, 0.5) is 0 Å². The third-order valence-electron chi connectivity index (χ3n) is 3.73. The summed E-state index contributed by atoms with van der Waals surface area (Å²) in [4.78, 5) is 14.1. The van der Waals surface area contributed by atoms with Crippen molar-refractivity contribution in [1.29, 1.82) is 0 Å². The topological polar surface area (TPSA) is 41.6 Å². The zero-order valence-corrected chi connectivity index (χ0v) is 14.8. The Kier molecular flexibility index (Phi) is 10.4. The minimum Gasteiger partial charge on any atom is -0.462 e. The number of carbonyl (C=O) groups is 1. The molecule has 0 bridgehead atoms. The monoisotopic (exact) mass is 348 g/mol. The van der Waals surface area contributed by atoms with Crippen molar-refractivity contribution in [2.75, 3.05) is 39.3 Å². The molecule has 4 nitrogen and oxygen atoms in total. The first-order chi connectivity index (χ1) is 9.70. The fraction of sp³-hybridized carbons (Fsp3) is 0.562. The lowest BCUT2D eigenvalue weighted by Crippen LogP contribution is -2.44. The van der Waals surface area contributed by atoms with Gasteiger partial charge in [0.15, 0.2) is 0 Å². The van der Waals surface area contributed by atoms with Crippen LogP contribution >= 0.6 is 24.8 Å². The highest BCUT2D eigenvalue weighted by Gasteiger charge is 2.15. The number of piperazine rings is 1. The van der Waals surface area contributed by atoms with E-state index in [-0.39, 0.29) is 30.8 Å². The lowest BCUT2D eigenvalue weighted by Gasteiger charge is -2.29. The summed E-state index contributed by atoms with van der Waals surface area (Å²) < 4.78 is 5.00. The molecule has 1 unspecified atom stereocenters. The highest BCUT2D eigenvalue weighted by Crippen LogP contribution is 2.18. The van der Waals surface area contributed by atoms with Gasteiger partial charge in [-0.3, -0.25) is 0 Å². The molecule has 6 heteroatoms. The van der Waals surface area contributed by atoms with Crippen LogP contribution in [-0.4, -0.2) is 50.2 Å². The molecule has 1 aliphatic rings. The van der Waals surface area contributed by atoms with Crippen molar-refractivity contribution in [2.45, 2.75) is 19.8 Å². The van der Waals surface area contributed by atoms with Crippen molar-refractivity contribution in [2.24, 2.45) is 0 Å². The smallest absolute Gasteiger partial charge is 0.338 e. The van der Waals surface area contributed by atoms with E-state index in [0.717, 1.165) is 32.7 Å². The number of rotatable bonds is 5. The van der Waals surface area contributed by atoms with Gasteiger partial charge in [-0.1, -0.05) is 19.1 Å². The fourth-order valence-corrected chi connectivity index (χ4v) is 2.55. The van der Waals surface area contributed by atoms with E-state index < -0.39 is 0 Å². The van der Waals surface area contributed by atoms with Crippen LogP contribution in [-0.2, 0) is 4.74 Å². The number of hydrogen-bond acceptors (Lipinski definition) is 4. The highest BCUT2D eigenvalue weighted by molar-refractivity contribution is 5.89. The van der Waals surface area contributed by atoms with Crippen molar-refractivity contribution in [3.05, 3.63) is 35.4 Å². The van der Waals surface area contributed by atoms with E-state index in [9.17, 15) is 4.79 Å². The molecule has 1 heterocycles. The second kappa shape index (κ2) is 10.8. The van der Waals surface area contributed by atoms with Crippen LogP contribution in [0.1, 0.15) is 35.7 Å². The van der Waals surface area contributed by atoms with Gasteiger partial charge in [0.1, 0.15) is 0 Å². The maximum absolute atomic E-state index is 11.6. The van der Waals surface area contributed by atoms with Gasteiger partial charge in [0.2, 0.25) is 0 Å². The summed E-state index contributed by atoms with van der Waals surface area (Å²) in [5.74, 6) is 0.234. The highest BCUT2D eigenvalue weighted by atomic mass is 35.5. The summed E-state index contributed by atoms with van der Waals surface area (Å²) >= 11 is 0. The molecule has 1 N–H and O–H groups in total. The molecular formula is C16H26Cl2N2O2. The van der Waals surface area contributed by atoms with Gasteiger partial charge in [-0.25, -0.2) is 4.79 Å². The number of halogens is 2. The first-order valence-corrected chi connectivity index (χ1v) is 7.41. The second-order valence-electron chi connectivity index (χ2n) is 5.29. The Bertz CT molecular complexity index is 434. The molecule has 0 spiro atoms. The normalized spacial score (nSPS) is 16.1.